The van der Waals surface area contributed by atoms with Crippen LogP contribution >= 0.6 is 0 Å². The van der Waals surface area contributed by atoms with E-state index in [0.29, 0.717) is 39.2 Å². The monoisotopic (exact) mass is 326 g/mol. The number of halogens is 2. The van der Waals surface area contributed by atoms with Crippen molar-refractivity contribution in [3.8, 4) is 0 Å². The lowest BCUT2D eigenvalue weighted by molar-refractivity contribution is -0.144. The highest BCUT2D eigenvalue weighted by Crippen LogP contribution is 2.14. The van der Waals surface area contributed by atoms with Gasteiger partial charge in [0.15, 0.2) is 0 Å². The Balaban J connectivity index is 1.98. The highest BCUT2D eigenvalue weighted by atomic mass is 19.1. The van der Waals surface area contributed by atoms with E-state index >= 15 is 0 Å². The average Bonchev–Trinajstić information content (AvgIpc) is 2.75. The fraction of sp³-hybridized carbons (Fsp3) is 0.500. The molecule has 1 amide bonds. The number of hydrogen-bond acceptors (Lipinski definition) is 4. The molecule has 0 N–H and O–H groups in total. The number of ether oxygens (including phenoxy) is 1. The summed E-state index contributed by atoms with van der Waals surface area (Å²) in [6.07, 6.45) is 0.655. The van der Waals surface area contributed by atoms with Crippen LogP contribution in [-0.2, 0) is 9.53 Å². The number of esters is 1. The minimum Gasteiger partial charge on any atom is -0.465 e. The molecule has 1 heterocycles. The molecule has 0 aromatic heterocycles. The SMILES string of the molecule is CCOC(=O)CN1CCCN(C(=O)c2cc(F)ccc2F)CC1. The van der Waals surface area contributed by atoms with Gasteiger partial charge in [-0.1, -0.05) is 0 Å². The van der Waals surface area contributed by atoms with E-state index in [1.54, 1.807) is 6.92 Å². The Morgan fingerprint density at radius 1 is 1.17 bits per heavy atom. The number of hydrogen-bond donors (Lipinski definition) is 0. The summed E-state index contributed by atoms with van der Waals surface area (Å²) in [6.45, 7) is 4.17. The molecule has 5 nitrogen and oxygen atoms in total. The zero-order chi connectivity index (χ0) is 16.8. The van der Waals surface area contributed by atoms with Crippen LogP contribution in [0.25, 0.3) is 0 Å². The third-order valence-electron chi connectivity index (χ3n) is 3.69. The van der Waals surface area contributed by atoms with E-state index in [4.69, 9.17) is 4.74 Å². The molecule has 0 atom stereocenters. The van der Waals surface area contributed by atoms with Crippen LogP contribution in [0.3, 0.4) is 0 Å². The van der Waals surface area contributed by atoms with Gasteiger partial charge in [0.25, 0.3) is 5.91 Å². The normalized spacial score (nSPS) is 16.0. The molecule has 0 spiro atoms. The van der Waals surface area contributed by atoms with E-state index in [1.807, 2.05) is 4.90 Å². The molecule has 7 heteroatoms. The molecule has 0 saturated carbocycles. The van der Waals surface area contributed by atoms with Crippen LogP contribution < -0.4 is 0 Å². The first-order valence-electron chi connectivity index (χ1n) is 7.63. The van der Waals surface area contributed by atoms with Crippen molar-refractivity contribution in [3.63, 3.8) is 0 Å². The molecular formula is C16H20F2N2O3. The highest BCUT2D eigenvalue weighted by molar-refractivity contribution is 5.94. The Morgan fingerprint density at radius 2 is 1.96 bits per heavy atom. The Hall–Kier alpha value is -2.02. The van der Waals surface area contributed by atoms with Crippen LogP contribution in [0.5, 0.6) is 0 Å². The number of carbonyl (C=O) groups excluding carboxylic acids is 2. The third kappa shape index (κ3) is 4.72. The van der Waals surface area contributed by atoms with Crippen molar-refractivity contribution >= 4 is 11.9 Å². The molecule has 23 heavy (non-hydrogen) atoms. The Kier molecular flexibility index (Phi) is 6.04. The summed E-state index contributed by atoms with van der Waals surface area (Å²) in [5.74, 6) is -2.21. The maximum atomic E-state index is 13.7. The number of amides is 1. The first-order valence-corrected chi connectivity index (χ1v) is 7.63. The first kappa shape index (κ1) is 17.3. The van der Waals surface area contributed by atoms with Crippen molar-refractivity contribution in [2.24, 2.45) is 0 Å². The van der Waals surface area contributed by atoms with E-state index < -0.39 is 17.5 Å². The minimum absolute atomic E-state index is 0.171. The van der Waals surface area contributed by atoms with Gasteiger partial charge >= 0.3 is 5.97 Å². The molecule has 1 fully saturated rings. The van der Waals surface area contributed by atoms with Crippen LogP contribution in [0, 0.1) is 11.6 Å². The van der Waals surface area contributed by atoms with Crippen LogP contribution in [0.1, 0.15) is 23.7 Å². The lowest BCUT2D eigenvalue weighted by Gasteiger charge is -2.21. The summed E-state index contributed by atoms with van der Waals surface area (Å²) in [6, 6.07) is 2.85. The standard InChI is InChI=1S/C16H20F2N2O3/c1-2-23-15(21)11-19-6-3-7-20(9-8-19)16(22)13-10-12(17)4-5-14(13)18/h4-5,10H,2-3,6-9,11H2,1H3. The van der Waals surface area contributed by atoms with E-state index in [-0.39, 0.29) is 18.1 Å². The van der Waals surface area contributed by atoms with Gasteiger partial charge in [0.1, 0.15) is 11.6 Å². The molecule has 1 aliphatic heterocycles. The molecule has 0 aliphatic carbocycles. The van der Waals surface area contributed by atoms with Gasteiger partial charge in [0, 0.05) is 26.2 Å². The van der Waals surface area contributed by atoms with Crippen LogP contribution in [0.15, 0.2) is 18.2 Å². The van der Waals surface area contributed by atoms with Gasteiger partial charge in [-0.15, -0.1) is 0 Å². The van der Waals surface area contributed by atoms with Gasteiger partial charge in [0.2, 0.25) is 0 Å². The van der Waals surface area contributed by atoms with Gasteiger partial charge in [-0.2, -0.15) is 0 Å². The molecule has 1 aliphatic rings. The van der Waals surface area contributed by atoms with Gasteiger partial charge in [-0.25, -0.2) is 8.78 Å². The summed E-state index contributed by atoms with van der Waals surface area (Å²) in [7, 11) is 0. The van der Waals surface area contributed by atoms with Crippen molar-refractivity contribution in [2.75, 3.05) is 39.3 Å². The molecule has 1 aromatic carbocycles. The summed E-state index contributed by atoms with van der Waals surface area (Å²) in [4.78, 5) is 27.3. The topological polar surface area (TPSA) is 49.9 Å². The maximum Gasteiger partial charge on any atom is 0.320 e. The predicted molar refractivity (Wildman–Crippen MR) is 80.0 cm³/mol. The lowest BCUT2D eigenvalue weighted by atomic mass is 10.1. The number of nitrogens with zero attached hydrogens (tertiary/aromatic N) is 2. The average molecular weight is 326 g/mol. The molecule has 2 rings (SSSR count). The largest absolute Gasteiger partial charge is 0.465 e. The van der Waals surface area contributed by atoms with Crippen LogP contribution in [-0.4, -0.2) is 61.0 Å². The number of benzene rings is 1. The predicted octanol–water partition coefficient (Wildman–Crippen LogP) is 1.68. The van der Waals surface area contributed by atoms with Gasteiger partial charge in [-0.3, -0.25) is 14.5 Å². The highest BCUT2D eigenvalue weighted by Gasteiger charge is 2.23. The Morgan fingerprint density at radius 3 is 2.70 bits per heavy atom. The molecule has 1 aromatic rings. The van der Waals surface area contributed by atoms with Crippen LogP contribution in [0.4, 0.5) is 8.78 Å². The summed E-state index contributed by atoms with van der Waals surface area (Å²) in [5, 5.41) is 0. The van der Waals surface area contributed by atoms with Crippen molar-refractivity contribution in [1.29, 1.82) is 0 Å². The summed E-state index contributed by atoms with van der Waals surface area (Å²) >= 11 is 0. The van der Waals surface area contributed by atoms with Crippen molar-refractivity contribution in [2.45, 2.75) is 13.3 Å². The van der Waals surface area contributed by atoms with E-state index in [0.717, 1.165) is 18.2 Å². The van der Waals surface area contributed by atoms with Crippen molar-refractivity contribution < 1.29 is 23.1 Å². The molecule has 126 valence electrons. The van der Waals surface area contributed by atoms with Gasteiger partial charge in [0.05, 0.1) is 18.7 Å². The van der Waals surface area contributed by atoms with Gasteiger partial charge in [-0.05, 0) is 31.5 Å². The third-order valence-corrected chi connectivity index (χ3v) is 3.69. The zero-order valence-electron chi connectivity index (χ0n) is 13.1. The quantitative estimate of drug-likeness (QED) is 0.790. The lowest BCUT2D eigenvalue weighted by Crippen LogP contribution is -2.37. The summed E-state index contributed by atoms with van der Waals surface area (Å²) < 4.78 is 31.9. The van der Waals surface area contributed by atoms with Crippen molar-refractivity contribution in [3.05, 3.63) is 35.4 Å². The van der Waals surface area contributed by atoms with Gasteiger partial charge < -0.3 is 9.64 Å². The Labute approximate surface area is 133 Å². The second-order valence-corrected chi connectivity index (χ2v) is 5.35. The Bertz CT molecular complexity index is 580. The second-order valence-electron chi connectivity index (χ2n) is 5.35. The first-order chi connectivity index (χ1) is 11.0. The van der Waals surface area contributed by atoms with Crippen molar-refractivity contribution in [1.82, 2.24) is 9.80 Å². The zero-order valence-corrected chi connectivity index (χ0v) is 13.1. The molecular weight excluding hydrogens is 306 g/mol. The smallest absolute Gasteiger partial charge is 0.320 e. The van der Waals surface area contributed by atoms with Crippen LogP contribution in [0.2, 0.25) is 0 Å². The summed E-state index contributed by atoms with van der Waals surface area (Å²) in [5.41, 5.74) is -0.260. The fourth-order valence-electron chi connectivity index (χ4n) is 2.55. The van der Waals surface area contributed by atoms with E-state index in [2.05, 4.69) is 0 Å². The van der Waals surface area contributed by atoms with E-state index in [1.165, 1.54) is 4.90 Å². The number of carbonyl (C=O) groups is 2. The van der Waals surface area contributed by atoms with E-state index in [9.17, 15) is 18.4 Å². The molecule has 1 saturated heterocycles. The minimum atomic E-state index is -0.732. The molecule has 0 unspecified atom stereocenters. The molecule has 0 bridgehead atoms. The second kappa shape index (κ2) is 8.01. The number of rotatable bonds is 4. The fourth-order valence-corrected chi connectivity index (χ4v) is 2.55. The maximum absolute atomic E-state index is 13.7. The molecule has 0 radical (unpaired) electrons.